The van der Waals surface area contributed by atoms with Crippen LogP contribution in [0.25, 0.3) is 0 Å². The van der Waals surface area contributed by atoms with Crippen molar-refractivity contribution < 1.29 is 9.53 Å². The summed E-state index contributed by atoms with van der Waals surface area (Å²) in [5.74, 6) is 0.493. The van der Waals surface area contributed by atoms with Gasteiger partial charge in [0.05, 0.1) is 0 Å². The van der Waals surface area contributed by atoms with E-state index >= 15 is 0 Å². The van der Waals surface area contributed by atoms with Crippen molar-refractivity contribution in [1.82, 2.24) is 5.32 Å². The summed E-state index contributed by atoms with van der Waals surface area (Å²) in [5.41, 5.74) is 2.35. The lowest BCUT2D eigenvalue weighted by Crippen LogP contribution is -2.37. The minimum atomic E-state index is -0.531. The summed E-state index contributed by atoms with van der Waals surface area (Å²) in [6.07, 6.45) is 3.92. The van der Waals surface area contributed by atoms with Crippen molar-refractivity contribution in [1.29, 1.82) is 0 Å². The molecule has 0 saturated carbocycles. The largest absolute Gasteiger partial charge is 0.481 e. The molecule has 1 N–H and O–H groups in total. The first-order valence-electron chi connectivity index (χ1n) is 9.69. The fraction of sp³-hybridized carbons (Fsp3) is 0.409. The molecule has 1 amide bonds. The van der Waals surface area contributed by atoms with E-state index < -0.39 is 6.10 Å². The number of amides is 1. The van der Waals surface area contributed by atoms with Crippen molar-refractivity contribution in [2.75, 3.05) is 18.0 Å². The fourth-order valence-corrected chi connectivity index (χ4v) is 3.49. The minimum Gasteiger partial charge on any atom is -0.481 e. The second-order valence-electron chi connectivity index (χ2n) is 6.90. The van der Waals surface area contributed by atoms with Crippen LogP contribution in [-0.2, 0) is 11.3 Å². The number of hydrogen-bond donors (Lipinski definition) is 1. The van der Waals surface area contributed by atoms with E-state index in [0.29, 0.717) is 23.7 Å². The molecule has 1 aliphatic rings. The maximum atomic E-state index is 12.5. The Balaban J connectivity index is 1.52. The second-order valence-corrected chi connectivity index (χ2v) is 7.34. The summed E-state index contributed by atoms with van der Waals surface area (Å²) in [7, 11) is 0. The number of benzene rings is 2. The standard InChI is InChI=1S/C22H27ClN2O2/c1-2-21(27-20-8-6-7-18(23)15-20)22(26)24-16-17-9-11-19(12-10-17)25-13-4-3-5-14-25/h6-12,15,21H,2-5,13-14,16H2,1H3,(H,24,26)/t21-/m0/s1. The predicted molar refractivity (Wildman–Crippen MR) is 111 cm³/mol. The Hall–Kier alpha value is -2.20. The molecule has 5 heteroatoms. The molecule has 0 spiro atoms. The summed E-state index contributed by atoms with van der Waals surface area (Å²) < 4.78 is 5.79. The van der Waals surface area contributed by atoms with Crippen LogP contribution in [0.15, 0.2) is 48.5 Å². The van der Waals surface area contributed by atoms with Crippen LogP contribution in [0.2, 0.25) is 5.02 Å². The van der Waals surface area contributed by atoms with Crippen molar-refractivity contribution in [2.24, 2.45) is 0 Å². The topological polar surface area (TPSA) is 41.6 Å². The van der Waals surface area contributed by atoms with Gasteiger partial charge in [0.25, 0.3) is 5.91 Å². The Kier molecular flexibility index (Phi) is 6.99. The lowest BCUT2D eigenvalue weighted by atomic mass is 10.1. The first-order chi connectivity index (χ1) is 13.2. The molecule has 0 unspecified atom stereocenters. The first-order valence-corrected chi connectivity index (χ1v) is 10.1. The Labute approximate surface area is 166 Å². The fourth-order valence-electron chi connectivity index (χ4n) is 3.31. The molecule has 1 atom stereocenters. The average molecular weight is 387 g/mol. The maximum absolute atomic E-state index is 12.5. The molecule has 2 aromatic rings. The quantitative estimate of drug-likeness (QED) is 0.742. The van der Waals surface area contributed by atoms with Gasteiger partial charge >= 0.3 is 0 Å². The van der Waals surface area contributed by atoms with Gasteiger partial charge in [-0.3, -0.25) is 4.79 Å². The first kappa shape index (κ1) is 19.6. The van der Waals surface area contributed by atoms with Crippen LogP contribution < -0.4 is 15.0 Å². The van der Waals surface area contributed by atoms with Gasteiger partial charge in [0, 0.05) is 30.3 Å². The highest BCUT2D eigenvalue weighted by Crippen LogP contribution is 2.21. The molecule has 4 nitrogen and oxygen atoms in total. The number of halogens is 1. The van der Waals surface area contributed by atoms with Crippen molar-refractivity contribution in [2.45, 2.75) is 45.3 Å². The van der Waals surface area contributed by atoms with Crippen LogP contribution in [0.5, 0.6) is 5.75 Å². The third-order valence-electron chi connectivity index (χ3n) is 4.86. The number of ether oxygens (including phenoxy) is 1. The number of hydrogen-bond acceptors (Lipinski definition) is 3. The number of piperidine rings is 1. The summed E-state index contributed by atoms with van der Waals surface area (Å²) in [6, 6.07) is 15.6. The summed E-state index contributed by atoms with van der Waals surface area (Å²) in [4.78, 5) is 14.9. The van der Waals surface area contributed by atoms with E-state index in [9.17, 15) is 4.79 Å². The van der Waals surface area contributed by atoms with E-state index in [1.165, 1.54) is 24.9 Å². The van der Waals surface area contributed by atoms with Crippen LogP contribution in [0.3, 0.4) is 0 Å². The van der Waals surface area contributed by atoms with Crippen LogP contribution in [0, 0.1) is 0 Å². The highest BCUT2D eigenvalue weighted by atomic mass is 35.5. The van der Waals surface area contributed by atoms with E-state index in [4.69, 9.17) is 16.3 Å². The van der Waals surface area contributed by atoms with Gasteiger partial charge in [-0.25, -0.2) is 0 Å². The maximum Gasteiger partial charge on any atom is 0.261 e. The third-order valence-corrected chi connectivity index (χ3v) is 5.10. The van der Waals surface area contributed by atoms with E-state index in [1.807, 2.05) is 13.0 Å². The van der Waals surface area contributed by atoms with Crippen LogP contribution in [0.4, 0.5) is 5.69 Å². The molecule has 0 radical (unpaired) electrons. The highest BCUT2D eigenvalue weighted by molar-refractivity contribution is 6.30. The number of nitrogens with zero attached hydrogens (tertiary/aromatic N) is 1. The Morgan fingerprint density at radius 2 is 1.89 bits per heavy atom. The zero-order valence-electron chi connectivity index (χ0n) is 15.8. The normalized spacial score (nSPS) is 15.3. The number of carbonyl (C=O) groups excluding carboxylic acids is 1. The second kappa shape index (κ2) is 9.65. The summed E-state index contributed by atoms with van der Waals surface area (Å²) in [5, 5.41) is 3.57. The molecule has 2 aromatic carbocycles. The van der Waals surface area contributed by atoms with Crippen molar-refractivity contribution in [3.8, 4) is 5.75 Å². The molecule has 0 aromatic heterocycles. The highest BCUT2D eigenvalue weighted by Gasteiger charge is 2.18. The minimum absolute atomic E-state index is 0.113. The Morgan fingerprint density at radius 1 is 1.15 bits per heavy atom. The number of carbonyl (C=O) groups is 1. The van der Waals surface area contributed by atoms with E-state index in [2.05, 4.69) is 34.5 Å². The molecule has 0 bridgehead atoms. The Bertz CT molecular complexity index is 742. The molecule has 144 valence electrons. The van der Waals surface area contributed by atoms with Gasteiger partial charge < -0.3 is 15.0 Å². The predicted octanol–water partition coefficient (Wildman–Crippen LogP) is 4.80. The molecule has 1 heterocycles. The van der Waals surface area contributed by atoms with Gasteiger partial charge in [0.2, 0.25) is 0 Å². The number of anilines is 1. The zero-order valence-corrected chi connectivity index (χ0v) is 16.5. The van der Waals surface area contributed by atoms with Gasteiger partial charge in [0.1, 0.15) is 5.75 Å². The zero-order chi connectivity index (χ0) is 19.1. The molecule has 1 fully saturated rings. The molecule has 1 saturated heterocycles. The average Bonchev–Trinajstić information content (AvgIpc) is 2.71. The summed E-state index contributed by atoms with van der Waals surface area (Å²) in [6.45, 7) is 4.70. The molecule has 3 rings (SSSR count). The lowest BCUT2D eigenvalue weighted by molar-refractivity contribution is -0.128. The van der Waals surface area contributed by atoms with Crippen molar-refractivity contribution in [3.05, 3.63) is 59.1 Å². The van der Waals surface area contributed by atoms with E-state index in [0.717, 1.165) is 18.7 Å². The lowest BCUT2D eigenvalue weighted by Gasteiger charge is -2.28. The van der Waals surface area contributed by atoms with Crippen LogP contribution >= 0.6 is 11.6 Å². The number of nitrogens with one attached hydrogen (secondary N) is 1. The molecule has 1 aliphatic heterocycles. The Morgan fingerprint density at radius 3 is 2.56 bits per heavy atom. The van der Waals surface area contributed by atoms with Gasteiger partial charge in [-0.15, -0.1) is 0 Å². The van der Waals surface area contributed by atoms with Gasteiger partial charge in [-0.2, -0.15) is 0 Å². The van der Waals surface area contributed by atoms with E-state index in [-0.39, 0.29) is 5.91 Å². The van der Waals surface area contributed by atoms with Gasteiger partial charge in [-0.1, -0.05) is 36.7 Å². The van der Waals surface area contributed by atoms with Crippen LogP contribution in [-0.4, -0.2) is 25.1 Å². The van der Waals surface area contributed by atoms with E-state index in [1.54, 1.807) is 18.2 Å². The molecular weight excluding hydrogens is 360 g/mol. The molecule has 27 heavy (non-hydrogen) atoms. The van der Waals surface area contributed by atoms with Crippen molar-refractivity contribution in [3.63, 3.8) is 0 Å². The SMILES string of the molecule is CC[C@H](Oc1cccc(Cl)c1)C(=O)NCc1ccc(N2CCCCC2)cc1. The van der Waals surface area contributed by atoms with Gasteiger partial charge in [-0.05, 0) is 61.6 Å². The monoisotopic (exact) mass is 386 g/mol. The van der Waals surface area contributed by atoms with Crippen LogP contribution in [0.1, 0.15) is 38.2 Å². The molecular formula is C22H27ClN2O2. The summed E-state index contributed by atoms with van der Waals surface area (Å²) >= 11 is 5.98. The van der Waals surface area contributed by atoms with Gasteiger partial charge in [0.15, 0.2) is 6.10 Å². The number of rotatable bonds is 7. The molecule has 0 aliphatic carbocycles. The third kappa shape index (κ3) is 5.64. The smallest absolute Gasteiger partial charge is 0.261 e. The van der Waals surface area contributed by atoms with Crippen molar-refractivity contribution >= 4 is 23.2 Å².